The fourth-order valence-electron chi connectivity index (χ4n) is 3.27. The van der Waals surface area contributed by atoms with Crippen LogP contribution in [0.3, 0.4) is 0 Å². The molecule has 25 heavy (non-hydrogen) atoms. The zero-order chi connectivity index (χ0) is 17.6. The van der Waals surface area contributed by atoms with Gasteiger partial charge >= 0.3 is 0 Å². The Morgan fingerprint density at radius 3 is 2.68 bits per heavy atom. The molecule has 1 aliphatic heterocycles. The SMILES string of the molecule is CN(C)c1cccc(NC(=O)CN2CCC(c3ccccn3)CC2)c1. The standard InChI is InChI=1S/C20H26N4O/c1-23(2)18-7-5-6-17(14-18)22-20(25)15-24-12-9-16(10-13-24)19-8-3-4-11-21-19/h3-8,11,14,16H,9-10,12-13,15H2,1-2H3,(H,22,25). The number of carbonyl (C=O) groups excluding carboxylic acids is 1. The molecule has 5 nitrogen and oxygen atoms in total. The third-order valence-electron chi connectivity index (χ3n) is 4.71. The van der Waals surface area contributed by atoms with Gasteiger partial charge in [-0.15, -0.1) is 0 Å². The maximum absolute atomic E-state index is 12.3. The second-order valence-corrected chi connectivity index (χ2v) is 6.80. The molecule has 0 radical (unpaired) electrons. The lowest BCUT2D eigenvalue weighted by Crippen LogP contribution is -2.38. The Hall–Kier alpha value is -2.40. The smallest absolute Gasteiger partial charge is 0.238 e. The number of hydrogen-bond acceptors (Lipinski definition) is 4. The van der Waals surface area contributed by atoms with Crippen molar-refractivity contribution in [2.75, 3.05) is 43.9 Å². The maximum Gasteiger partial charge on any atom is 0.238 e. The fraction of sp³-hybridized carbons (Fsp3) is 0.400. The highest BCUT2D eigenvalue weighted by molar-refractivity contribution is 5.92. The number of carbonyl (C=O) groups is 1. The summed E-state index contributed by atoms with van der Waals surface area (Å²) in [4.78, 5) is 21.1. The highest BCUT2D eigenvalue weighted by atomic mass is 16.2. The first-order valence-corrected chi connectivity index (χ1v) is 8.82. The third-order valence-corrected chi connectivity index (χ3v) is 4.71. The summed E-state index contributed by atoms with van der Waals surface area (Å²) in [5.74, 6) is 0.560. The van der Waals surface area contributed by atoms with Crippen molar-refractivity contribution in [2.24, 2.45) is 0 Å². The van der Waals surface area contributed by atoms with Crippen molar-refractivity contribution in [2.45, 2.75) is 18.8 Å². The van der Waals surface area contributed by atoms with Crippen LogP contribution in [0.25, 0.3) is 0 Å². The minimum Gasteiger partial charge on any atom is -0.378 e. The van der Waals surface area contributed by atoms with E-state index in [2.05, 4.69) is 21.3 Å². The Morgan fingerprint density at radius 1 is 1.20 bits per heavy atom. The molecule has 1 N–H and O–H groups in total. The van der Waals surface area contributed by atoms with Crippen molar-refractivity contribution >= 4 is 17.3 Å². The molecule has 2 heterocycles. The molecule has 5 heteroatoms. The lowest BCUT2D eigenvalue weighted by molar-refractivity contribution is -0.117. The van der Waals surface area contributed by atoms with Crippen LogP contribution in [0, 0.1) is 0 Å². The molecular formula is C20H26N4O. The van der Waals surface area contributed by atoms with Crippen molar-refractivity contribution in [1.29, 1.82) is 0 Å². The van der Waals surface area contributed by atoms with Crippen LogP contribution < -0.4 is 10.2 Å². The average molecular weight is 338 g/mol. The van der Waals surface area contributed by atoms with Gasteiger partial charge in [0.1, 0.15) is 0 Å². The van der Waals surface area contributed by atoms with E-state index < -0.39 is 0 Å². The van der Waals surface area contributed by atoms with E-state index in [0.29, 0.717) is 12.5 Å². The van der Waals surface area contributed by atoms with Crippen LogP contribution in [0.15, 0.2) is 48.7 Å². The number of anilines is 2. The van der Waals surface area contributed by atoms with E-state index in [1.165, 1.54) is 5.69 Å². The minimum absolute atomic E-state index is 0.0483. The lowest BCUT2D eigenvalue weighted by atomic mass is 9.93. The molecule has 0 atom stereocenters. The number of pyridine rings is 1. The zero-order valence-electron chi connectivity index (χ0n) is 15.0. The molecule has 1 aromatic heterocycles. The maximum atomic E-state index is 12.3. The topological polar surface area (TPSA) is 48.5 Å². The van der Waals surface area contributed by atoms with Crippen LogP contribution in [-0.4, -0.2) is 49.5 Å². The molecule has 1 aromatic carbocycles. The number of benzene rings is 1. The number of aromatic nitrogens is 1. The zero-order valence-corrected chi connectivity index (χ0v) is 15.0. The average Bonchev–Trinajstić information content (AvgIpc) is 2.63. The normalized spacial score (nSPS) is 15.8. The van der Waals surface area contributed by atoms with Crippen LogP contribution >= 0.6 is 0 Å². The number of nitrogens with zero attached hydrogens (tertiary/aromatic N) is 3. The molecule has 2 aromatic rings. The van der Waals surface area contributed by atoms with Gasteiger partial charge in [0.2, 0.25) is 5.91 Å². The molecule has 0 bridgehead atoms. The van der Waals surface area contributed by atoms with E-state index in [9.17, 15) is 4.79 Å². The predicted molar refractivity (Wildman–Crippen MR) is 102 cm³/mol. The molecule has 1 saturated heterocycles. The van der Waals surface area contributed by atoms with Gasteiger partial charge in [-0.2, -0.15) is 0 Å². The summed E-state index contributed by atoms with van der Waals surface area (Å²) in [5, 5.41) is 3.01. The number of likely N-dealkylation sites (tertiary alicyclic amines) is 1. The summed E-state index contributed by atoms with van der Waals surface area (Å²) in [5.41, 5.74) is 3.10. The summed E-state index contributed by atoms with van der Waals surface area (Å²) in [7, 11) is 3.99. The summed E-state index contributed by atoms with van der Waals surface area (Å²) >= 11 is 0. The Morgan fingerprint density at radius 2 is 2.00 bits per heavy atom. The first-order chi connectivity index (χ1) is 12.1. The van der Waals surface area contributed by atoms with Gasteiger partial charge in [-0.3, -0.25) is 14.7 Å². The van der Waals surface area contributed by atoms with Gasteiger partial charge in [0.25, 0.3) is 0 Å². The van der Waals surface area contributed by atoms with Crippen LogP contribution in [0.4, 0.5) is 11.4 Å². The predicted octanol–water partition coefficient (Wildman–Crippen LogP) is 2.97. The second kappa shape index (κ2) is 8.12. The van der Waals surface area contributed by atoms with Crippen molar-refractivity contribution in [3.63, 3.8) is 0 Å². The van der Waals surface area contributed by atoms with Gasteiger partial charge in [-0.1, -0.05) is 12.1 Å². The fourth-order valence-corrected chi connectivity index (χ4v) is 3.27. The van der Waals surface area contributed by atoms with Crippen molar-refractivity contribution in [3.05, 3.63) is 54.4 Å². The van der Waals surface area contributed by atoms with Gasteiger partial charge < -0.3 is 10.2 Å². The van der Waals surface area contributed by atoms with Crippen molar-refractivity contribution < 1.29 is 4.79 Å². The number of hydrogen-bond donors (Lipinski definition) is 1. The molecule has 0 saturated carbocycles. The van der Waals surface area contributed by atoms with Crippen molar-refractivity contribution in [1.82, 2.24) is 9.88 Å². The first-order valence-electron chi connectivity index (χ1n) is 8.82. The quantitative estimate of drug-likeness (QED) is 0.910. The van der Waals surface area contributed by atoms with Crippen LogP contribution in [0.2, 0.25) is 0 Å². The summed E-state index contributed by atoms with van der Waals surface area (Å²) in [6.07, 6.45) is 3.97. The van der Waals surface area contributed by atoms with Crippen LogP contribution in [0.1, 0.15) is 24.5 Å². The highest BCUT2D eigenvalue weighted by Crippen LogP contribution is 2.26. The molecule has 3 rings (SSSR count). The summed E-state index contributed by atoms with van der Waals surface area (Å²) in [6.45, 7) is 2.32. The van der Waals surface area contributed by atoms with Gasteiger partial charge in [0.15, 0.2) is 0 Å². The largest absolute Gasteiger partial charge is 0.378 e. The monoisotopic (exact) mass is 338 g/mol. The Bertz CT molecular complexity index is 694. The Kier molecular flexibility index (Phi) is 5.66. The number of amides is 1. The van der Waals surface area contributed by atoms with Gasteiger partial charge in [0.05, 0.1) is 6.54 Å². The summed E-state index contributed by atoms with van der Waals surface area (Å²) < 4.78 is 0. The van der Waals surface area contributed by atoms with E-state index in [4.69, 9.17) is 0 Å². The number of nitrogens with one attached hydrogen (secondary N) is 1. The van der Waals surface area contributed by atoms with Gasteiger partial charge in [-0.25, -0.2) is 0 Å². The number of rotatable bonds is 5. The molecule has 0 unspecified atom stereocenters. The number of piperidine rings is 1. The van der Waals surface area contributed by atoms with Crippen molar-refractivity contribution in [3.8, 4) is 0 Å². The Balaban J connectivity index is 1.49. The van der Waals surface area contributed by atoms with E-state index in [1.807, 2.05) is 61.6 Å². The van der Waals surface area contributed by atoms with Gasteiger partial charge in [0, 0.05) is 43.3 Å². The molecule has 0 aliphatic carbocycles. The molecular weight excluding hydrogens is 312 g/mol. The third kappa shape index (κ3) is 4.79. The van der Waals surface area contributed by atoms with Crippen LogP contribution in [-0.2, 0) is 4.79 Å². The lowest BCUT2D eigenvalue weighted by Gasteiger charge is -2.31. The van der Waals surface area contributed by atoms with E-state index in [-0.39, 0.29) is 5.91 Å². The van der Waals surface area contributed by atoms with E-state index in [0.717, 1.165) is 37.3 Å². The summed E-state index contributed by atoms with van der Waals surface area (Å²) in [6, 6.07) is 14.0. The first kappa shape index (κ1) is 17.4. The van der Waals surface area contributed by atoms with Gasteiger partial charge in [-0.05, 0) is 56.3 Å². The molecule has 0 spiro atoms. The van der Waals surface area contributed by atoms with Crippen LogP contribution in [0.5, 0.6) is 0 Å². The minimum atomic E-state index is 0.0483. The Labute approximate surface area is 149 Å². The molecule has 1 amide bonds. The second-order valence-electron chi connectivity index (χ2n) is 6.80. The van der Waals surface area contributed by atoms with E-state index >= 15 is 0 Å². The highest BCUT2D eigenvalue weighted by Gasteiger charge is 2.22. The van der Waals surface area contributed by atoms with E-state index in [1.54, 1.807) is 0 Å². The molecule has 132 valence electrons. The molecule has 1 fully saturated rings. The molecule has 1 aliphatic rings.